The van der Waals surface area contributed by atoms with Crippen LogP contribution in [-0.2, 0) is 4.79 Å². The Bertz CT molecular complexity index is 509. The van der Waals surface area contributed by atoms with E-state index in [1.807, 2.05) is 24.0 Å². The molecule has 1 aromatic rings. The van der Waals surface area contributed by atoms with Crippen molar-refractivity contribution in [1.29, 1.82) is 5.26 Å². The predicted octanol–water partition coefficient (Wildman–Crippen LogP) is 1.64. The Labute approximate surface area is 106 Å². The monoisotopic (exact) mass is 245 g/mol. The van der Waals surface area contributed by atoms with Crippen LogP contribution in [0.25, 0.3) is 0 Å². The molecular formula is C13H15N3O2. The van der Waals surface area contributed by atoms with Crippen molar-refractivity contribution in [3.8, 4) is 6.07 Å². The summed E-state index contributed by atoms with van der Waals surface area (Å²) < 4.78 is 0. The minimum Gasteiger partial charge on any atom is -0.481 e. The topological polar surface area (TPSA) is 77.2 Å². The van der Waals surface area contributed by atoms with Gasteiger partial charge in [0, 0.05) is 25.0 Å². The van der Waals surface area contributed by atoms with E-state index in [2.05, 4.69) is 4.98 Å². The number of hydrogen-bond acceptors (Lipinski definition) is 4. The lowest BCUT2D eigenvalue weighted by atomic mass is 9.84. The van der Waals surface area contributed by atoms with E-state index in [0.29, 0.717) is 31.6 Å². The number of aliphatic carboxylic acids is 1. The molecule has 5 heteroatoms. The van der Waals surface area contributed by atoms with E-state index >= 15 is 0 Å². The highest BCUT2D eigenvalue weighted by molar-refractivity contribution is 5.76. The largest absolute Gasteiger partial charge is 0.481 e. The van der Waals surface area contributed by atoms with E-state index in [4.69, 9.17) is 5.26 Å². The van der Waals surface area contributed by atoms with Crippen molar-refractivity contribution >= 4 is 11.7 Å². The van der Waals surface area contributed by atoms with Crippen LogP contribution >= 0.6 is 0 Å². The first kappa shape index (κ1) is 12.4. The summed E-state index contributed by atoms with van der Waals surface area (Å²) in [5.74, 6) is -0.734. The number of pyridine rings is 1. The van der Waals surface area contributed by atoms with Gasteiger partial charge in [-0.25, -0.2) is 4.98 Å². The fraction of sp³-hybridized carbons (Fsp3) is 0.462. The van der Waals surface area contributed by atoms with Crippen molar-refractivity contribution in [3.05, 3.63) is 24.0 Å². The number of aromatic nitrogens is 1. The van der Waals surface area contributed by atoms with Gasteiger partial charge in [-0.15, -0.1) is 0 Å². The molecule has 0 aliphatic carbocycles. The second kappa shape index (κ2) is 4.65. The fourth-order valence-corrected chi connectivity index (χ4v) is 2.38. The number of rotatable bonds is 3. The first-order chi connectivity index (χ1) is 8.61. The average Bonchev–Trinajstić information content (AvgIpc) is 2.84. The zero-order valence-electron chi connectivity index (χ0n) is 10.3. The second-order valence-electron chi connectivity index (χ2n) is 4.62. The van der Waals surface area contributed by atoms with Gasteiger partial charge in [0.15, 0.2) is 0 Å². The summed E-state index contributed by atoms with van der Waals surface area (Å²) in [6, 6.07) is 5.51. The van der Waals surface area contributed by atoms with E-state index in [1.165, 1.54) is 0 Å². The third-order valence-corrected chi connectivity index (χ3v) is 3.71. The number of carboxylic acids is 1. The van der Waals surface area contributed by atoms with Gasteiger partial charge in [-0.2, -0.15) is 5.26 Å². The molecular weight excluding hydrogens is 230 g/mol. The summed E-state index contributed by atoms with van der Waals surface area (Å²) in [5, 5.41) is 18.2. The van der Waals surface area contributed by atoms with E-state index in [0.717, 1.165) is 5.69 Å². The lowest BCUT2D eigenvalue weighted by Gasteiger charge is -2.24. The molecule has 0 amide bonds. The van der Waals surface area contributed by atoms with Crippen molar-refractivity contribution in [1.82, 2.24) is 4.98 Å². The van der Waals surface area contributed by atoms with Crippen molar-refractivity contribution in [2.75, 3.05) is 18.0 Å². The van der Waals surface area contributed by atoms with Gasteiger partial charge >= 0.3 is 5.97 Å². The van der Waals surface area contributed by atoms with Crippen molar-refractivity contribution in [2.24, 2.45) is 5.41 Å². The predicted molar refractivity (Wildman–Crippen MR) is 66.1 cm³/mol. The summed E-state index contributed by atoms with van der Waals surface area (Å²) in [4.78, 5) is 17.3. The number of carbonyl (C=O) groups is 1. The van der Waals surface area contributed by atoms with Crippen LogP contribution in [0.4, 0.5) is 5.69 Å². The number of carboxylic acid groups (broad SMARTS) is 1. The van der Waals surface area contributed by atoms with Crippen LogP contribution in [0.3, 0.4) is 0 Å². The van der Waals surface area contributed by atoms with E-state index in [-0.39, 0.29) is 0 Å². The van der Waals surface area contributed by atoms with Crippen LogP contribution in [0.2, 0.25) is 0 Å². The smallest absolute Gasteiger partial charge is 0.311 e. The molecule has 18 heavy (non-hydrogen) atoms. The Hall–Kier alpha value is -2.09. The van der Waals surface area contributed by atoms with Gasteiger partial charge in [-0.1, -0.05) is 6.92 Å². The molecule has 94 valence electrons. The molecule has 1 fully saturated rings. The van der Waals surface area contributed by atoms with Crippen LogP contribution in [0, 0.1) is 16.7 Å². The maximum absolute atomic E-state index is 11.4. The molecule has 2 rings (SSSR count). The highest BCUT2D eigenvalue weighted by atomic mass is 16.4. The van der Waals surface area contributed by atoms with Gasteiger partial charge in [-0.05, 0) is 25.0 Å². The lowest BCUT2D eigenvalue weighted by Crippen LogP contribution is -2.34. The maximum Gasteiger partial charge on any atom is 0.311 e. The molecule has 1 aliphatic rings. The Morgan fingerprint density at radius 1 is 1.72 bits per heavy atom. The molecule has 1 saturated heterocycles. The Balaban J connectivity index is 2.23. The Kier molecular flexibility index (Phi) is 3.19. The quantitative estimate of drug-likeness (QED) is 0.876. The highest BCUT2D eigenvalue weighted by Crippen LogP contribution is 2.36. The van der Waals surface area contributed by atoms with Crippen LogP contribution in [-0.4, -0.2) is 29.1 Å². The standard InChI is InChI=1S/C13H15N3O2/c1-2-13(12(17)18)4-6-16(9-13)11-3-5-15-10(7-11)8-14/h3,5,7H,2,4,6,9H2,1H3,(H,17,18). The number of anilines is 1. The molecule has 5 nitrogen and oxygen atoms in total. The molecule has 2 heterocycles. The van der Waals surface area contributed by atoms with Crippen molar-refractivity contribution in [2.45, 2.75) is 19.8 Å². The van der Waals surface area contributed by atoms with Crippen LogP contribution in [0.15, 0.2) is 18.3 Å². The van der Waals surface area contributed by atoms with Crippen molar-refractivity contribution in [3.63, 3.8) is 0 Å². The molecule has 0 saturated carbocycles. The third kappa shape index (κ3) is 2.02. The van der Waals surface area contributed by atoms with Crippen molar-refractivity contribution < 1.29 is 9.90 Å². The number of nitriles is 1. The molecule has 1 aromatic heterocycles. The lowest BCUT2D eigenvalue weighted by molar-refractivity contribution is -0.147. The molecule has 0 aromatic carbocycles. The Morgan fingerprint density at radius 2 is 2.50 bits per heavy atom. The first-order valence-corrected chi connectivity index (χ1v) is 5.96. The molecule has 1 atom stereocenters. The molecule has 1 N–H and O–H groups in total. The normalized spacial score (nSPS) is 22.8. The minimum absolute atomic E-state index is 0.358. The molecule has 1 unspecified atom stereocenters. The molecule has 0 bridgehead atoms. The summed E-state index contributed by atoms with van der Waals surface area (Å²) in [6.45, 7) is 3.10. The van der Waals surface area contributed by atoms with Gasteiger partial charge in [-0.3, -0.25) is 4.79 Å². The maximum atomic E-state index is 11.4. The van der Waals surface area contributed by atoms with Crippen LogP contribution in [0.5, 0.6) is 0 Å². The summed E-state index contributed by atoms with van der Waals surface area (Å²) >= 11 is 0. The molecule has 0 spiro atoms. The zero-order chi connectivity index (χ0) is 13.2. The average molecular weight is 245 g/mol. The van der Waals surface area contributed by atoms with Crippen LogP contribution in [0.1, 0.15) is 25.5 Å². The minimum atomic E-state index is -0.734. The number of hydrogen-bond donors (Lipinski definition) is 1. The summed E-state index contributed by atoms with van der Waals surface area (Å²) in [7, 11) is 0. The first-order valence-electron chi connectivity index (χ1n) is 5.96. The van der Waals surface area contributed by atoms with Gasteiger partial charge in [0.05, 0.1) is 5.41 Å². The van der Waals surface area contributed by atoms with E-state index in [1.54, 1.807) is 12.3 Å². The highest BCUT2D eigenvalue weighted by Gasteiger charge is 2.43. The van der Waals surface area contributed by atoms with Gasteiger partial charge in [0.2, 0.25) is 0 Å². The SMILES string of the molecule is CCC1(C(=O)O)CCN(c2ccnc(C#N)c2)C1. The van der Waals surface area contributed by atoms with Gasteiger partial charge in [0.25, 0.3) is 0 Å². The second-order valence-corrected chi connectivity index (χ2v) is 4.62. The van der Waals surface area contributed by atoms with Gasteiger partial charge < -0.3 is 10.0 Å². The summed E-state index contributed by atoms with van der Waals surface area (Å²) in [5.41, 5.74) is 0.575. The zero-order valence-corrected chi connectivity index (χ0v) is 10.3. The number of nitrogens with zero attached hydrogens (tertiary/aromatic N) is 3. The van der Waals surface area contributed by atoms with E-state index < -0.39 is 11.4 Å². The summed E-state index contributed by atoms with van der Waals surface area (Å²) in [6.07, 6.45) is 2.85. The third-order valence-electron chi connectivity index (χ3n) is 3.71. The van der Waals surface area contributed by atoms with Gasteiger partial charge in [0.1, 0.15) is 11.8 Å². The van der Waals surface area contributed by atoms with Crippen LogP contribution < -0.4 is 4.90 Å². The van der Waals surface area contributed by atoms with E-state index in [9.17, 15) is 9.90 Å². The fourth-order valence-electron chi connectivity index (χ4n) is 2.38. The Morgan fingerprint density at radius 3 is 3.06 bits per heavy atom. The molecule has 0 radical (unpaired) electrons. The molecule has 1 aliphatic heterocycles.